The average Bonchev–Trinajstić information content (AvgIpc) is 3.12. The fraction of sp³-hybridized carbons (Fsp3) is 0.0476. The second kappa shape index (κ2) is 4.70. The first-order valence-electron chi connectivity index (χ1n) is 8.10. The number of fused-ring (bicyclic) bond motifs is 6. The van der Waals surface area contributed by atoms with Crippen molar-refractivity contribution < 1.29 is 10.0 Å². The van der Waals surface area contributed by atoms with E-state index >= 15 is 0 Å². The maximum absolute atomic E-state index is 9.61. The van der Waals surface area contributed by atoms with Crippen LogP contribution in [0, 0.1) is 0 Å². The molecule has 1 spiro atoms. The molecule has 0 aliphatic heterocycles. The number of hydrogen-bond donors (Lipinski definition) is 2. The van der Waals surface area contributed by atoms with Gasteiger partial charge in [0.05, 0.1) is 5.41 Å². The van der Waals surface area contributed by atoms with Crippen molar-refractivity contribution in [1.29, 1.82) is 0 Å². The summed E-state index contributed by atoms with van der Waals surface area (Å²) in [7, 11) is -1.46. The van der Waals surface area contributed by atoms with E-state index in [0.717, 1.165) is 11.1 Å². The van der Waals surface area contributed by atoms with E-state index in [4.69, 9.17) is 0 Å². The van der Waals surface area contributed by atoms with E-state index in [-0.39, 0.29) is 5.41 Å². The first-order valence-corrected chi connectivity index (χ1v) is 8.10. The Morgan fingerprint density at radius 1 is 0.667 bits per heavy atom. The monoisotopic (exact) mass is 310 g/mol. The van der Waals surface area contributed by atoms with Gasteiger partial charge in [0.2, 0.25) is 0 Å². The smallest absolute Gasteiger partial charge is 0.423 e. The average molecular weight is 310 g/mol. The van der Waals surface area contributed by atoms with Crippen molar-refractivity contribution in [1.82, 2.24) is 0 Å². The van der Waals surface area contributed by atoms with Crippen molar-refractivity contribution in [2.24, 2.45) is 0 Å². The van der Waals surface area contributed by atoms with Crippen molar-refractivity contribution in [3.8, 4) is 11.1 Å². The molecular formula is C21H15BO2. The molecule has 2 nitrogen and oxygen atoms in total. The van der Waals surface area contributed by atoms with E-state index in [1.807, 2.05) is 12.1 Å². The summed E-state index contributed by atoms with van der Waals surface area (Å²) in [4.78, 5) is 0. The highest BCUT2D eigenvalue weighted by Gasteiger charge is 2.41. The lowest BCUT2D eigenvalue weighted by Gasteiger charge is -2.23. The molecule has 0 unspecified atom stereocenters. The molecule has 0 atom stereocenters. The van der Waals surface area contributed by atoms with Crippen LogP contribution in [0.15, 0.2) is 66.7 Å². The van der Waals surface area contributed by atoms with E-state index in [2.05, 4.69) is 60.7 Å². The molecule has 0 saturated carbocycles. The molecule has 0 heterocycles. The van der Waals surface area contributed by atoms with Gasteiger partial charge in [0.25, 0.3) is 0 Å². The Kier molecular flexibility index (Phi) is 2.70. The Morgan fingerprint density at radius 2 is 1.29 bits per heavy atom. The van der Waals surface area contributed by atoms with Gasteiger partial charge in [-0.1, -0.05) is 78.9 Å². The molecule has 114 valence electrons. The first-order chi connectivity index (χ1) is 11.7. The van der Waals surface area contributed by atoms with Gasteiger partial charge in [-0.3, -0.25) is 0 Å². The summed E-state index contributed by atoms with van der Waals surface area (Å²) in [6.45, 7) is 0. The van der Waals surface area contributed by atoms with Crippen molar-refractivity contribution in [3.05, 3.63) is 88.3 Å². The summed E-state index contributed by atoms with van der Waals surface area (Å²) in [6, 6.07) is 22.5. The molecule has 0 saturated heterocycles. The normalized spacial score (nSPS) is 15.2. The molecule has 3 heteroatoms. The van der Waals surface area contributed by atoms with Crippen molar-refractivity contribution in [2.75, 3.05) is 0 Å². The topological polar surface area (TPSA) is 40.5 Å². The SMILES string of the molecule is OB(O)c1ccc2c(c1)C1(C=c3ccccc3=C1)c1ccccc1-2. The minimum absolute atomic E-state index is 0.333. The van der Waals surface area contributed by atoms with Gasteiger partial charge in [-0.25, -0.2) is 0 Å². The van der Waals surface area contributed by atoms with Crippen molar-refractivity contribution in [2.45, 2.75) is 5.41 Å². The van der Waals surface area contributed by atoms with Gasteiger partial charge in [-0.15, -0.1) is 0 Å². The summed E-state index contributed by atoms with van der Waals surface area (Å²) >= 11 is 0. The predicted octanol–water partition coefficient (Wildman–Crippen LogP) is 0.908. The fourth-order valence-corrected chi connectivity index (χ4v) is 4.14. The second-order valence-corrected chi connectivity index (χ2v) is 6.51. The molecule has 0 fully saturated rings. The number of hydrogen-bond acceptors (Lipinski definition) is 2. The largest absolute Gasteiger partial charge is 0.488 e. The molecular weight excluding hydrogens is 295 g/mol. The zero-order valence-corrected chi connectivity index (χ0v) is 13.0. The van der Waals surface area contributed by atoms with Crippen LogP contribution in [-0.4, -0.2) is 17.2 Å². The van der Waals surface area contributed by atoms with E-state index in [0.29, 0.717) is 5.46 Å². The van der Waals surface area contributed by atoms with Crippen LogP contribution in [0.2, 0.25) is 0 Å². The molecule has 24 heavy (non-hydrogen) atoms. The van der Waals surface area contributed by atoms with Gasteiger partial charge in [0, 0.05) is 0 Å². The third kappa shape index (κ3) is 1.68. The Bertz CT molecular complexity index is 1060. The van der Waals surface area contributed by atoms with Crippen LogP contribution < -0.4 is 15.9 Å². The van der Waals surface area contributed by atoms with Crippen LogP contribution in [0.1, 0.15) is 11.1 Å². The van der Waals surface area contributed by atoms with Gasteiger partial charge in [-0.05, 0) is 38.2 Å². The third-order valence-corrected chi connectivity index (χ3v) is 5.21. The molecule has 5 rings (SSSR count). The Hall–Kier alpha value is -2.62. The second-order valence-electron chi connectivity index (χ2n) is 6.51. The molecule has 0 radical (unpaired) electrons. The molecule has 3 aromatic rings. The van der Waals surface area contributed by atoms with E-state index < -0.39 is 7.12 Å². The Labute approximate surface area is 140 Å². The zero-order valence-electron chi connectivity index (χ0n) is 13.0. The zero-order chi connectivity index (χ0) is 16.3. The predicted molar refractivity (Wildman–Crippen MR) is 97.1 cm³/mol. The standard InChI is InChI=1S/C21H15BO2/c23-22(24)16-9-10-18-17-7-3-4-8-19(17)21(20(18)11-16)12-14-5-1-2-6-15(14)13-21/h1-13,23-24H. The Balaban J connectivity index is 1.90. The summed E-state index contributed by atoms with van der Waals surface area (Å²) < 4.78 is 0. The first kappa shape index (κ1) is 13.8. The lowest BCUT2D eigenvalue weighted by Crippen LogP contribution is -2.31. The van der Waals surface area contributed by atoms with Gasteiger partial charge in [0.15, 0.2) is 0 Å². The van der Waals surface area contributed by atoms with Gasteiger partial charge in [-0.2, -0.15) is 0 Å². The number of benzene rings is 3. The summed E-state index contributed by atoms with van der Waals surface area (Å²) in [5.41, 5.74) is 4.94. The van der Waals surface area contributed by atoms with Crippen LogP contribution >= 0.6 is 0 Å². The van der Waals surface area contributed by atoms with E-state index in [9.17, 15) is 10.0 Å². The highest BCUT2D eigenvalue weighted by Crippen LogP contribution is 2.51. The maximum atomic E-state index is 9.61. The third-order valence-electron chi connectivity index (χ3n) is 5.21. The van der Waals surface area contributed by atoms with Crippen LogP contribution in [0.4, 0.5) is 0 Å². The molecule has 0 aromatic heterocycles. The van der Waals surface area contributed by atoms with Gasteiger partial charge in [0.1, 0.15) is 0 Å². The van der Waals surface area contributed by atoms with E-state index in [1.54, 1.807) is 6.07 Å². The van der Waals surface area contributed by atoms with Crippen LogP contribution in [0.5, 0.6) is 0 Å². The van der Waals surface area contributed by atoms with Crippen LogP contribution in [-0.2, 0) is 5.41 Å². The van der Waals surface area contributed by atoms with Crippen LogP contribution in [0.3, 0.4) is 0 Å². The van der Waals surface area contributed by atoms with Crippen LogP contribution in [0.25, 0.3) is 23.3 Å². The molecule has 2 aliphatic rings. The quantitative estimate of drug-likeness (QED) is 0.656. The summed E-state index contributed by atoms with van der Waals surface area (Å²) in [5.74, 6) is 0. The molecule has 0 bridgehead atoms. The highest BCUT2D eigenvalue weighted by molar-refractivity contribution is 6.58. The molecule has 3 aromatic carbocycles. The molecule has 0 amide bonds. The lowest BCUT2D eigenvalue weighted by molar-refractivity contribution is 0.425. The summed E-state index contributed by atoms with van der Waals surface area (Å²) in [6.07, 6.45) is 4.58. The molecule has 2 N–H and O–H groups in total. The van der Waals surface area contributed by atoms with Crippen molar-refractivity contribution in [3.63, 3.8) is 0 Å². The lowest BCUT2D eigenvalue weighted by atomic mass is 9.74. The minimum atomic E-state index is -1.46. The minimum Gasteiger partial charge on any atom is -0.423 e. The molecule has 2 aliphatic carbocycles. The van der Waals surface area contributed by atoms with Gasteiger partial charge < -0.3 is 10.0 Å². The van der Waals surface area contributed by atoms with E-state index in [1.165, 1.54) is 21.6 Å². The Morgan fingerprint density at radius 3 is 2.00 bits per heavy atom. The maximum Gasteiger partial charge on any atom is 0.488 e. The van der Waals surface area contributed by atoms with Gasteiger partial charge >= 0.3 is 7.12 Å². The summed E-state index contributed by atoms with van der Waals surface area (Å²) in [5, 5.41) is 21.7. The number of rotatable bonds is 1. The highest BCUT2D eigenvalue weighted by atomic mass is 16.4. The van der Waals surface area contributed by atoms with Crippen molar-refractivity contribution >= 4 is 24.7 Å². The fourth-order valence-electron chi connectivity index (χ4n) is 4.14.